The highest BCUT2D eigenvalue weighted by atomic mass is 79.9. The van der Waals surface area contributed by atoms with Crippen molar-refractivity contribution >= 4 is 68.0 Å². The van der Waals surface area contributed by atoms with Gasteiger partial charge in [0.15, 0.2) is 0 Å². The van der Waals surface area contributed by atoms with Crippen molar-refractivity contribution in [1.82, 2.24) is 10.2 Å². The Hall–Kier alpha value is -0.0300. The molecule has 0 aliphatic carbocycles. The molecule has 152 valence electrons. The summed E-state index contributed by atoms with van der Waals surface area (Å²) in [4.78, 5) is 3.46. The molecule has 1 aromatic carbocycles. The van der Waals surface area contributed by atoms with Gasteiger partial charge in [-0.3, -0.25) is 4.90 Å². The van der Waals surface area contributed by atoms with Crippen LogP contribution in [0, 0.1) is 0 Å². The van der Waals surface area contributed by atoms with Crippen LogP contribution in [0.5, 0.6) is 5.75 Å². The highest BCUT2D eigenvalue weighted by Gasteiger charge is 2.31. The molecule has 1 saturated heterocycles. The summed E-state index contributed by atoms with van der Waals surface area (Å²) in [6.07, 6.45) is -4.68. The number of ether oxygens (including phenoxy) is 1. The highest BCUT2D eigenvalue weighted by molar-refractivity contribution is 9.13. The van der Waals surface area contributed by atoms with Crippen LogP contribution in [0.2, 0.25) is 0 Å². The van der Waals surface area contributed by atoms with E-state index in [1.54, 1.807) is 23.5 Å². The van der Waals surface area contributed by atoms with E-state index in [0.29, 0.717) is 0 Å². The first-order valence-electron chi connectivity index (χ1n) is 7.59. The number of nitrogens with one attached hydrogen (secondary N) is 1. The summed E-state index contributed by atoms with van der Waals surface area (Å²) in [6.45, 7) is 3.52. The van der Waals surface area contributed by atoms with Crippen molar-refractivity contribution in [3.8, 4) is 5.75 Å². The Bertz CT molecular complexity index is 706. The molecule has 27 heavy (non-hydrogen) atoms. The monoisotopic (exact) mass is 570 g/mol. The van der Waals surface area contributed by atoms with E-state index in [0.717, 1.165) is 44.9 Å². The van der Waals surface area contributed by atoms with Crippen molar-refractivity contribution in [2.75, 3.05) is 26.2 Å². The maximum Gasteiger partial charge on any atom is 0.573 e. The van der Waals surface area contributed by atoms with Crippen LogP contribution in [-0.2, 0) is 0 Å². The average Bonchev–Trinajstić information content (AvgIpc) is 2.88. The molecule has 1 fully saturated rings. The Balaban J connectivity index is 0.00000182. The largest absolute Gasteiger partial charge is 0.573 e. The van der Waals surface area contributed by atoms with E-state index in [1.807, 2.05) is 0 Å². The smallest absolute Gasteiger partial charge is 0.406 e. The molecular weight excluding hydrogens is 556 g/mol. The predicted molar refractivity (Wildman–Crippen MR) is 114 cm³/mol. The summed E-state index contributed by atoms with van der Waals surface area (Å²) < 4.78 is 43.0. The molecule has 0 amide bonds. The molecule has 1 N–H and O–H groups in total. The minimum atomic E-state index is -4.68. The number of hydrogen-bond donors (Lipinski definition) is 1. The molecule has 3 nitrogen and oxygen atoms in total. The van der Waals surface area contributed by atoms with Crippen molar-refractivity contribution in [2.24, 2.45) is 0 Å². The Labute approximate surface area is 188 Å². The predicted octanol–water partition coefficient (Wildman–Crippen LogP) is 6.01. The summed E-state index contributed by atoms with van der Waals surface area (Å²) in [5, 5.41) is 3.32. The number of hydrogen-bond acceptors (Lipinski definition) is 4. The summed E-state index contributed by atoms with van der Waals surface area (Å²) in [5.74, 6) is -0.205. The van der Waals surface area contributed by atoms with Crippen LogP contribution in [0.1, 0.15) is 16.5 Å². The van der Waals surface area contributed by atoms with Crippen LogP contribution in [0.4, 0.5) is 13.2 Å². The topological polar surface area (TPSA) is 24.5 Å². The Morgan fingerprint density at radius 1 is 1.07 bits per heavy atom. The van der Waals surface area contributed by atoms with Gasteiger partial charge in [0.05, 0.1) is 9.83 Å². The van der Waals surface area contributed by atoms with Crippen LogP contribution < -0.4 is 10.1 Å². The number of halogens is 7. The molecule has 1 aromatic heterocycles. The summed E-state index contributed by atoms with van der Waals surface area (Å²) >= 11 is 8.66. The van der Waals surface area contributed by atoms with Gasteiger partial charge in [0, 0.05) is 35.5 Å². The fourth-order valence-electron chi connectivity index (χ4n) is 2.85. The van der Waals surface area contributed by atoms with Gasteiger partial charge in [-0.25, -0.2) is 0 Å². The van der Waals surface area contributed by atoms with Crippen LogP contribution in [-0.4, -0.2) is 37.4 Å². The lowest BCUT2D eigenvalue weighted by Crippen LogP contribution is -2.45. The van der Waals surface area contributed by atoms with Gasteiger partial charge in [0.2, 0.25) is 0 Å². The second kappa shape index (κ2) is 10.7. The fourth-order valence-corrected chi connectivity index (χ4v) is 5.10. The zero-order valence-corrected chi connectivity index (χ0v) is 19.4. The number of thiophene rings is 1. The van der Waals surface area contributed by atoms with Crippen molar-refractivity contribution in [1.29, 1.82) is 0 Å². The third-order valence-electron chi connectivity index (χ3n) is 3.88. The second-order valence-corrected chi connectivity index (χ2v) is 8.83. The summed E-state index contributed by atoms with van der Waals surface area (Å²) in [7, 11) is 0. The fraction of sp³-hybridized carbons (Fsp3) is 0.375. The van der Waals surface area contributed by atoms with Crippen LogP contribution >= 0.6 is 68.0 Å². The number of rotatable bonds is 4. The molecule has 1 aliphatic heterocycles. The van der Waals surface area contributed by atoms with Gasteiger partial charge < -0.3 is 10.1 Å². The minimum Gasteiger partial charge on any atom is -0.406 e. The molecule has 3 rings (SSSR count). The molecule has 2 aromatic rings. The van der Waals surface area contributed by atoms with E-state index >= 15 is 0 Å². The lowest BCUT2D eigenvalue weighted by molar-refractivity contribution is -0.274. The molecule has 0 saturated carbocycles. The first-order chi connectivity index (χ1) is 11.8. The zero-order chi connectivity index (χ0) is 18.0. The lowest BCUT2D eigenvalue weighted by Gasteiger charge is -2.34. The van der Waals surface area contributed by atoms with Crippen molar-refractivity contribution in [3.63, 3.8) is 0 Å². The van der Waals surface area contributed by atoms with E-state index in [-0.39, 0.29) is 36.6 Å². The summed E-state index contributed by atoms with van der Waals surface area (Å²) in [5.41, 5.74) is 0.942. The SMILES string of the molecule is Cl.Cl.FC(F)(F)Oc1ccc([C@H](c2cc(Br)c(Br)s2)N2CCNCC2)cc1. The lowest BCUT2D eigenvalue weighted by atomic mass is 10.0. The van der Waals surface area contributed by atoms with Crippen molar-refractivity contribution in [3.05, 3.63) is 49.0 Å². The van der Waals surface area contributed by atoms with Crippen molar-refractivity contribution < 1.29 is 17.9 Å². The Morgan fingerprint density at radius 3 is 2.15 bits per heavy atom. The van der Waals surface area contributed by atoms with Gasteiger partial charge in [-0.05, 0) is 55.6 Å². The molecule has 0 bridgehead atoms. The maximum absolute atomic E-state index is 12.4. The first-order valence-corrected chi connectivity index (χ1v) is 9.99. The zero-order valence-electron chi connectivity index (χ0n) is 13.8. The van der Waals surface area contributed by atoms with E-state index in [9.17, 15) is 13.2 Å². The van der Waals surface area contributed by atoms with Gasteiger partial charge >= 0.3 is 6.36 Å². The molecule has 0 unspecified atom stereocenters. The van der Waals surface area contributed by atoms with Gasteiger partial charge in [-0.1, -0.05) is 12.1 Å². The second-order valence-electron chi connectivity index (χ2n) is 5.58. The maximum atomic E-state index is 12.4. The standard InChI is InChI=1S/C16H15Br2F3N2OS.2ClH/c17-12-9-13(25-15(12)18)14(23-7-5-22-6-8-23)10-1-3-11(4-2-10)24-16(19,20)21;;/h1-4,9,14,22H,5-8H2;2*1H/t14-;;/m1../s1. The number of alkyl halides is 3. The van der Waals surface area contributed by atoms with E-state index in [4.69, 9.17) is 0 Å². The average molecular weight is 573 g/mol. The third kappa shape index (κ3) is 6.76. The van der Waals surface area contributed by atoms with E-state index in [2.05, 4.69) is 52.9 Å². The van der Waals surface area contributed by atoms with Gasteiger partial charge in [-0.15, -0.1) is 49.3 Å². The van der Waals surface area contributed by atoms with E-state index in [1.165, 1.54) is 12.1 Å². The van der Waals surface area contributed by atoms with Gasteiger partial charge in [-0.2, -0.15) is 0 Å². The molecule has 1 aliphatic rings. The normalized spacial score (nSPS) is 16.2. The summed E-state index contributed by atoms with van der Waals surface area (Å²) in [6, 6.07) is 8.20. The van der Waals surface area contributed by atoms with Crippen LogP contribution in [0.15, 0.2) is 38.6 Å². The third-order valence-corrected chi connectivity index (χ3v) is 7.19. The quantitative estimate of drug-likeness (QED) is 0.486. The molecular formula is C16H17Br2Cl2F3N2OS. The number of nitrogens with zero attached hydrogens (tertiary/aromatic N) is 1. The number of benzene rings is 1. The Morgan fingerprint density at radius 2 is 1.67 bits per heavy atom. The molecule has 2 heterocycles. The molecule has 0 spiro atoms. The molecule has 0 radical (unpaired) electrons. The first kappa shape index (κ1) is 25.0. The highest BCUT2D eigenvalue weighted by Crippen LogP contribution is 2.40. The Kier molecular flexibility index (Phi) is 9.88. The van der Waals surface area contributed by atoms with Crippen LogP contribution in [0.25, 0.3) is 0 Å². The van der Waals surface area contributed by atoms with Gasteiger partial charge in [0.1, 0.15) is 5.75 Å². The van der Waals surface area contributed by atoms with Gasteiger partial charge in [0.25, 0.3) is 0 Å². The molecule has 11 heteroatoms. The number of piperazine rings is 1. The van der Waals surface area contributed by atoms with Crippen LogP contribution in [0.3, 0.4) is 0 Å². The minimum absolute atomic E-state index is 0. The van der Waals surface area contributed by atoms with Crippen molar-refractivity contribution in [2.45, 2.75) is 12.4 Å². The molecule has 1 atom stereocenters. The van der Waals surface area contributed by atoms with E-state index < -0.39 is 6.36 Å².